The molecule has 33 heavy (non-hydrogen) atoms. The molecular formula is C24H25BrN2O5S. The number of halogens is 1. The highest BCUT2D eigenvalue weighted by Crippen LogP contribution is 2.27. The lowest BCUT2D eigenvalue weighted by molar-refractivity contribution is 0.102. The topological polar surface area (TPSA) is 93.7 Å². The summed E-state index contributed by atoms with van der Waals surface area (Å²) in [5, 5.41) is 2.77. The van der Waals surface area contributed by atoms with Gasteiger partial charge in [-0.15, -0.1) is 0 Å². The van der Waals surface area contributed by atoms with Gasteiger partial charge in [-0.05, 0) is 88.6 Å². The first-order chi connectivity index (χ1) is 15.7. The van der Waals surface area contributed by atoms with Crippen LogP contribution in [-0.4, -0.2) is 28.0 Å². The molecule has 0 aliphatic rings. The van der Waals surface area contributed by atoms with Crippen LogP contribution < -0.4 is 19.5 Å². The second kappa shape index (κ2) is 10.7. The van der Waals surface area contributed by atoms with Crippen molar-refractivity contribution in [3.05, 3.63) is 76.8 Å². The number of methoxy groups -OCH3 is 1. The van der Waals surface area contributed by atoms with Crippen molar-refractivity contribution in [2.75, 3.05) is 23.8 Å². The van der Waals surface area contributed by atoms with E-state index < -0.39 is 10.0 Å². The number of anilines is 2. The normalized spacial score (nSPS) is 11.2. The predicted molar refractivity (Wildman–Crippen MR) is 133 cm³/mol. The van der Waals surface area contributed by atoms with Crippen LogP contribution in [0.3, 0.4) is 0 Å². The summed E-state index contributed by atoms with van der Waals surface area (Å²) in [7, 11) is -2.24. The van der Waals surface area contributed by atoms with Gasteiger partial charge in [0.1, 0.15) is 11.5 Å². The largest absolute Gasteiger partial charge is 0.497 e. The summed E-state index contributed by atoms with van der Waals surface area (Å²) >= 11 is 3.43. The van der Waals surface area contributed by atoms with Gasteiger partial charge in [0.05, 0.1) is 23.1 Å². The minimum atomic E-state index is -3.78. The third kappa shape index (κ3) is 6.72. The number of rotatable bonds is 9. The predicted octanol–water partition coefficient (Wildman–Crippen LogP) is 5.55. The van der Waals surface area contributed by atoms with E-state index in [0.717, 1.165) is 0 Å². The number of amides is 1. The molecule has 0 heterocycles. The van der Waals surface area contributed by atoms with E-state index in [9.17, 15) is 13.2 Å². The van der Waals surface area contributed by atoms with Gasteiger partial charge in [0.25, 0.3) is 15.9 Å². The minimum Gasteiger partial charge on any atom is -0.497 e. The molecule has 9 heteroatoms. The van der Waals surface area contributed by atoms with Crippen LogP contribution in [0.5, 0.6) is 11.5 Å². The molecule has 0 saturated heterocycles. The summed E-state index contributed by atoms with van der Waals surface area (Å²) in [6, 6.07) is 17.6. The van der Waals surface area contributed by atoms with Gasteiger partial charge < -0.3 is 14.8 Å². The van der Waals surface area contributed by atoms with Crippen LogP contribution in [0.15, 0.2) is 76.1 Å². The Balaban J connectivity index is 1.66. The van der Waals surface area contributed by atoms with Crippen molar-refractivity contribution >= 4 is 43.2 Å². The molecule has 0 aliphatic heterocycles. The van der Waals surface area contributed by atoms with E-state index >= 15 is 0 Å². The lowest BCUT2D eigenvalue weighted by Crippen LogP contribution is -2.14. The van der Waals surface area contributed by atoms with Crippen molar-refractivity contribution in [2.24, 2.45) is 5.92 Å². The zero-order chi connectivity index (χ0) is 24.0. The van der Waals surface area contributed by atoms with Crippen molar-refractivity contribution in [2.45, 2.75) is 18.7 Å². The highest BCUT2D eigenvalue weighted by atomic mass is 79.9. The number of carbonyl (C=O) groups excluding carboxylic acids is 1. The van der Waals surface area contributed by atoms with Gasteiger partial charge >= 0.3 is 0 Å². The maximum atomic E-state index is 12.6. The molecule has 0 fully saturated rings. The number of carbonyl (C=O) groups is 1. The van der Waals surface area contributed by atoms with Crippen LogP contribution >= 0.6 is 15.9 Å². The summed E-state index contributed by atoms with van der Waals surface area (Å²) in [5.74, 6) is 1.36. The molecule has 0 atom stereocenters. The Hall–Kier alpha value is -3.04. The van der Waals surface area contributed by atoms with Gasteiger partial charge in [-0.2, -0.15) is 0 Å². The van der Waals surface area contributed by atoms with E-state index in [0.29, 0.717) is 45.4 Å². The lowest BCUT2D eigenvalue weighted by atomic mass is 10.2. The van der Waals surface area contributed by atoms with Gasteiger partial charge in [-0.3, -0.25) is 9.52 Å². The van der Waals surface area contributed by atoms with Crippen LogP contribution in [0.25, 0.3) is 0 Å². The Morgan fingerprint density at radius 1 is 0.970 bits per heavy atom. The van der Waals surface area contributed by atoms with E-state index in [2.05, 4.69) is 39.8 Å². The standard InChI is InChI=1S/C24H25BrN2O5S/c1-16(2)15-32-23-13-4-17(14-22(23)25)24(28)26-18-7-11-21(12-8-18)33(29,30)27-19-5-9-20(31-3)10-6-19/h4-14,16,27H,15H2,1-3H3,(H,26,28). The second-order valence-corrected chi connectivity index (χ2v) is 10.2. The molecule has 3 rings (SSSR count). The van der Waals surface area contributed by atoms with E-state index in [4.69, 9.17) is 9.47 Å². The van der Waals surface area contributed by atoms with Crippen molar-refractivity contribution in [3.8, 4) is 11.5 Å². The molecule has 7 nitrogen and oxygen atoms in total. The molecule has 2 N–H and O–H groups in total. The molecule has 3 aromatic rings. The van der Waals surface area contributed by atoms with Gasteiger partial charge in [0.15, 0.2) is 0 Å². The highest BCUT2D eigenvalue weighted by Gasteiger charge is 2.15. The first-order valence-corrected chi connectivity index (χ1v) is 12.5. The summed E-state index contributed by atoms with van der Waals surface area (Å²) in [5.41, 5.74) is 1.33. The van der Waals surface area contributed by atoms with E-state index in [1.165, 1.54) is 31.4 Å². The Kier molecular flexibility index (Phi) is 7.99. The Labute approximate surface area is 202 Å². The lowest BCUT2D eigenvalue weighted by Gasteiger charge is -2.12. The van der Waals surface area contributed by atoms with Crippen LogP contribution in [-0.2, 0) is 10.0 Å². The molecule has 0 unspecified atom stereocenters. The van der Waals surface area contributed by atoms with Crippen molar-refractivity contribution in [1.29, 1.82) is 0 Å². The van der Waals surface area contributed by atoms with Gasteiger partial charge in [-0.25, -0.2) is 8.42 Å². The quantitative estimate of drug-likeness (QED) is 0.377. The summed E-state index contributed by atoms with van der Waals surface area (Å²) in [6.07, 6.45) is 0. The second-order valence-electron chi connectivity index (χ2n) is 7.66. The first kappa shape index (κ1) is 24.6. The zero-order valence-electron chi connectivity index (χ0n) is 18.5. The maximum absolute atomic E-state index is 12.6. The Morgan fingerprint density at radius 3 is 2.18 bits per heavy atom. The fourth-order valence-corrected chi connectivity index (χ4v) is 4.36. The van der Waals surface area contributed by atoms with Gasteiger partial charge in [0, 0.05) is 16.9 Å². The number of benzene rings is 3. The van der Waals surface area contributed by atoms with Crippen molar-refractivity contribution in [3.63, 3.8) is 0 Å². The molecular weight excluding hydrogens is 508 g/mol. The smallest absolute Gasteiger partial charge is 0.261 e. The Bertz CT molecular complexity index is 1210. The molecule has 174 valence electrons. The van der Waals surface area contributed by atoms with Gasteiger partial charge in [0.2, 0.25) is 0 Å². The number of nitrogens with one attached hydrogen (secondary N) is 2. The molecule has 3 aromatic carbocycles. The fraction of sp³-hybridized carbons (Fsp3) is 0.208. The van der Waals surface area contributed by atoms with Crippen LogP contribution in [0.4, 0.5) is 11.4 Å². The third-order valence-corrected chi connectivity index (χ3v) is 6.55. The number of sulfonamides is 1. The van der Waals surface area contributed by atoms with Crippen molar-refractivity contribution < 1.29 is 22.7 Å². The van der Waals surface area contributed by atoms with E-state index in [1.807, 2.05) is 0 Å². The molecule has 0 bridgehead atoms. The zero-order valence-corrected chi connectivity index (χ0v) is 20.9. The van der Waals surface area contributed by atoms with Gasteiger partial charge in [-0.1, -0.05) is 13.8 Å². The van der Waals surface area contributed by atoms with Crippen LogP contribution in [0.2, 0.25) is 0 Å². The average Bonchev–Trinajstić information content (AvgIpc) is 2.78. The fourth-order valence-electron chi connectivity index (χ4n) is 2.81. The molecule has 0 spiro atoms. The third-order valence-electron chi connectivity index (χ3n) is 4.53. The maximum Gasteiger partial charge on any atom is 0.261 e. The number of hydrogen-bond acceptors (Lipinski definition) is 5. The molecule has 0 radical (unpaired) electrons. The summed E-state index contributed by atoms with van der Waals surface area (Å²) < 4.78 is 39.2. The average molecular weight is 533 g/mol. The minimum absolute atomic E-state index is 0.0747. The number of hydrogen-bond donors (Lipinski definition) is 2. The van der Waals surface area contributed by atoms with Crippen LogP contribution in [0, 0.1) is 5.92 Å². The molecule has 0 aromatic heterocycles. The number of ether oxygens (including phenoxy) is 2. The van der Waals surface area contributed by atoms with E-state index in [-0.39, 0.29) is 10.8 Å². The molecule has 0 aliphatic carbocycles. The molecule has 1 amide bonds. The monoisotopic (exact) mass is 532 g/mol. The van der Waals surface area contributed by atoms with Crippen LogP contribution in [0.1, 0.15) is 24.2 Å². The summed E-state index contributed by atoms with van der Waals surface area (Å²) in [6.45, 7) is 4.69. The van der Waals surface area contributed by atoms with Crippen molar-refractivity contribution in [1.82, 2.24) is 0 Å². The summed E-state index contributed by atoms with van der Waals surface area (Å²) in [4.78, 5) is 12.7. The van der Waals surface area contributed by atoms with E-state index in [1.54, 1.807) is 42.5 Å². The molecule has 0 saturated carbocycles. The first-order valence-electron chi connectivity index (χ1n) is 10.2. The SMILES string of the molecule is COc1ccc(NS(=O)(=O)c2ccc(NC(=O)c3ccc(OCC(C)C)c(Br)c3)cc2)cc1. The Morgan fingerprint density at radius 2 is 1.61 bits per heavy atom. The highest BCUT2D eigenvalue weighted by molar-refractivity contribution is 9.10.